The molecule has 1 atom stereocenters. The number of nitrogens with zero attached hydrogens (tertiary/aromatic N) is 4. The Morgan fingerprint density at radius 2 is 2.32 bits per heavy atom. The summed E-state index contributed by atoms with van der Waals surface area (Å²) in [6, 6.07) is 5.32. The van der Waals surface area contributed by atoms with Gasteiger partial charge in [-0.05, 0) is 25.1 Å². The molecule has 0 aliphatic rings. The standard InChI is InChI=1S/C13H17N5O/c1-10(9-14)17(2)13(19)12-8-11(4-6-15-12)18-7-3-5-16-18/h3-8,10H,9,14H2,1-2H3. The third-order valence-corrected chi connectivity index (χ3v) is 3.05. The maximum absolute atomic E-state index is 12.2. The summed E-state index contributed by atoms with van der Waals surface area (Å²) in [4.78, 5) is 18.0. The Kier molecular flexibility index (Phi) is 3.91. The van der Waals surface area contributed by atoms with Crippen molar-refractivity contribution >= 4 is 5.91 Å². The highest BCUT2D eigenvalue weighted by Crippen LogP contribution is 2.09. The molecule has 2 N–H and O–H groups in total. The largest absolute Gasteiger partial charge is 0.336 e. The third kappa shape index (κ3) is 2.79. The second-order valence-electron chi connectivity index (χ2n) is 4.35. The van der Waals surface area contributed by atoms with E-state index in [4.69, 9.17) is 5.73 Å². The van der Waals surface area contributed by atoms with Gasteiger partial charge >= 0.3 is 0 Å². The van der Waals surface area contributed by atoms with Crippen LogP contribution in [0.2, 0.25) is 0 Å². The molecular formula is C13H17N5O. The van der Waals surface area contributed by atoms with E-state index >= 15 is 0 Å². The van der Waals surface area contributed by atoms with Gasteiger partial charge in [0.05, 0.1) is 5.69 Å². The normalized spacial score (nSPS) is 12.2. The molecule has 0 fully saturated rings. The summed E-state index contributed by atoms with van der Waals surface area (Å²) in [5.41, 5.74) is 6.76. The van der Waals surface area contributed by atoms with E-state index in [1.807, 2.05) is 19.2 Å². The van der Waals surface area contributed by atoms with Crippen molar-refractivity contribution in [3.63, 3.8) is 0 Å². The molecule has 0 aromatic carbocycles. The second-order valence-corrected chi connectivity index (χ2v) is 4.35. The van der Waals surface area contributed by atoms with E-state index < -0.39 is 0 Å². The molecule has 1 amide bonds. The molecule has 2 rings (SSSR count). The van der Waals surface area contributed by atoms with Crippen LogP contribution >= 0.6 is 0 Å². The Hall–Kier alpha value is -2.21. The van der Waals surface area contributed by atoms with Gasteiger partial charge in [-0.25, -0.2) is 4.68 Å². The van der Waals surface area contributed by atoms with Gasteiger partial charge in [0.15, 0.2) is 0 Å². The van der Waals surface area contributed by atoms with E-state index in [9.17, 15) is 4.79 Å². The zero-order valence-corrected chi connectivity index (χ0v) is 11.0. The van der Waals surface area contributed by atoms with Crippen molar-refractivity contribution < 1.29 is 4.79 Å². The fourth-order valence-corrected chi connectivity index (χ4v) is 1.64. The number of amides is 1. The first-order valence-corrected chi connectivity index (χ1v) is 6.06. The van der Waals surface area contributed by atoms with Crippen molar-refractivity contribution in [1.29, 1.82) is 0 Å². The minimum absolute atomic E-state index is 0.0253. The number of nitrogens with two attached hydrogens (primary N) is 1. The number of carbonyl (C=O) groups excluding carboxylic acids is 1. The maximum Gasteiger partial charge on any atom is 0.272 e. The average molecular weight is 259 g/mol. The number of hydrogen-bond donors (Lipinski definition) is 1. The van der Waals surface area contributed by atoms with Crippen LogP contribution < -0.4 is 5.73 Å². The van der Waals surface area contributed by atoms with Crippen LogP contribution in [0.3, 0.4) is 0 Å². The molecule has 2 aromatic heterocycles. The Morgan fingerprint density at radius 1 is 1.53 bits per heavy atom. The van der Waals surface area contributed by atoms with E-state index in [0.717, 1.165) is 5.69 Å². The number of aromatic nitrogens is 3. The number of likely N-dealkylation sites (N-methyl/N-ethyl adjacent to an activating group) is 1. The molecule has 0 bridgehead atoms. The van der Waals surface area contributed by atoms with Gasteiger partial charge < -0.3 is 10.6 Å². The molecule has 0 aliphatic carbocycles. The zero-order chi connectivity index (χ0) is 13.8. The van der Waals surface area contributed by atoms with Crippen LogP contribution in [0.4, 0.5) is 0 Å². The van der Waals surface area contributed by atoms with E-state index in [2.05, 4.69) is 10.1 Å². The van der Waals surface area contributed by atoms with Crippen LogP contribution in [-0.2, 0) is 0 Å². The lowest BCUT2D eigenvalue weighted by atomic mass is 10.2. The van der Waals surface area contributed by atoms with Crippen molar-refractivity contribution in [3.8, 4) is 5.69 Å². The van der Waals surface area contributed by atoms with E-state index in [1.165, 1.54) is 0 Å². The van der Waals surface area contributed by atoms with Gasteiger partial charge in [-0.15, -0.1) is 0 Å². The fourth-order valence-electron chi connectivity index (χ4n) is 1.64. The van der Waals surface area contributed by atoms with Crippen LogP contribution in [0.5, 0.6) is 0 Å². The molecule has 1 unspecified atom stereocenters. The summed E-state index contributed by atoms with van der Waals surface area (Å²) in [7, 11) is 1.72. The number of carbonyl (C=O) groups is 1. The highest BCUT2D eigenvalue weighted by Gasteiger charge is 2.18. The van der Waals surface area contributed by atoms with Crippen LogP contribution in [0.1, 0.15) is 17.4 Å². The molecule has 2 aromatic rings. The molecular weight excluding hydrogens is 242 g/mol. The van der Waals surface area contributed by atoms with Crippen molar-refractivity contribution in [2.45, 2.75) is 13.0 Å². The van der Waals surface area contributed by atoms with Gasteiger partial charge in [0, 0.05) is 38.2 Å². The zero-order valence-electron chi connectivity index (χ0n) is 11.0. The van der Waals surface area contributed by atoms with Gasteiger partial charge in [-0.1, -0.05) is 0 Å². The molecule has 6 heteroatoms. The molecule has 0 aliphatic heterocycles. The lowest BCUT2D eigenvalue weighted by Gasteiger charge is -2.23. The first-order valence-electron chi connectivity index (χ1n) is 6.06. The van der Waals surface area contributed by atoms with E-state index in [0.29, 0.717) is 12.2 Å². The van der Waals surface area contributed by atoms with Gasteiger partial charge in [0.2, 0.25) is 0 Å². The molecule has 6 nitrogen and oxygen atoms in total. The minimum Gasteiger partial charge on any atom is -0.336 e. The predicted octanol–water partition coefficient (Wildman–Crippen LogP) is 0.686. The molecule has 0 spiro atoms. The van der Waals surface area contributed by atoms with Crippen molar-refractivity contribution in [1.82, 2.24) is 19.7 Å². The summed E-state index contributed by atoms with van der Waals surface area (Å²) in [5.74, 6) is -0.146. The van der Waals surface area contributed by atoms with Gasteiger partial charge in [0.1, 0.15) is 5.69 Å². The highest BCUT2D eigenvalue weighted by atomic mass is 16.2. The van der Waals surface area contributed by atoms with E-state index in [-0.39, 0.29) is 11.9 Å². The fraction of sp³-hybridized carbons (Fsp3) is 0.308. The molecule has 100 valence electrons. The summed E-state index contributed by atoms with van der Waals surface area (Å²) < 4.78 is 1.69. The van der Waals surface area contributed by atoms with Crippen molar-refractivity contribution in [2.75, 3.05) is 13.6 Å². The topological polar surface area (TPSA) is 77.0 Å². The van der Waals surface area contributed by atoms with Crippen LogP contribution in [-0.4, -0.2) is 45.2 Å². The Morgan fingerprint density at radius 3 is 2.95 bits per heavy atom. The molecule has 0 saturated heterocycles. The van der Waals surface area contributed by atoms with Crippen molar-refractivity contribution in [3.05, 3.63) is 42.5 Å². The summed E-state index contributed by atoms with van der Waals surface area (Å²) in [6.45, 7) is 2.32. The molecule has 19 heavy (non-hydrogen) atoms. The summed E-state index contributed by atoms with van der Waals surface area (Å²) >= 11 is 0. The minimum atomic E-state index is -0.146. The quantitative estimate of drug-likeness (QED) is 0.876. The Bertz CT molecular complexity index is 552. The monoisotopic (exact) mass is 259 g/mol. The lowest BCUT2D eigenvalue weighted by molar-refractivity contribution is 0.0742. The first-order chi connectivity index (χ1) is 9.13. The second kappa shape index (κ2) is 5.62. The summed E-state index contributed by atoms with van der Waals surface area (Å²) in [6.07, 6.45) is 5.10. The van der Waals surface area contributed by atoms with E-state index in [1.54, 1.807) is 41.2 Å². The third-order valence-electron chi connectivity index (χ3n) is 3.05. The van der Waals surface area contributed by atoms with Gasteiger partial charge in [0.25, 0.3) is 5.91 Å². The molecule has 0 saturated carbocycles. The van der Waals surface area contributed by atoms with Crippen LogP contribution in [0, 0.1) is 0 Å². The first kappa shape index (κ1) is 13.2. The van der Waals surface area contributed by atoms with Crippen LogP contribution in [0.15, 0.2) is 36.8 Å². The Balaban J connectivity index is 2.26. The number of hydrogen-bond acceptors (Lipinski definition) is 4. The SMILES string of the molecule is CC(CN)N(C)C(=O)c1cc(-n2cccn2)ccn1. The maximum atomic E-state index is 12.2. The summed E-state index contributed by atoms with van der Waals surface area (Å²) in [5, 5.41) is 4.13. The number of rotatable bonds is 4. The van der Waals surface area contributed by atoms with Gasteiger partial charge in [-0.3, -0.25) is 9.78 Å². The van der Waals surface area contributed by atoms with Crippen molar-refractivity contribution in [2.24, 2.45) is 5.73 Å². The smallest absolute Gasteiger partial charge is 0.272 e. The van der Waals surface area contributed by atoms with Gasteiger partial charge in [-0.2, -0.15) is 5.10 Å². The highest BCUT2D eigenvalue weighted by molar-refractivity contribution is 5.92. The predicted molar refractivity (Wildman–Crippen MR) is 72.0 cm³/mol. The van der Waals surface area contributed by atoms with Crippen LogP contribution in [0.25, 0.3) is 5.69 Å². The molecule has 0 radical (unpaired) electrons. The Labute approximate surface area is 111 Å². The number of pyridine rings is 1. The average Bonchev–Trinajstić information content (AvgIpc) is 2.99. The molecule has 2 heterocycles. The lowest BCUT2D eigenvalue weighted by Crippen LogP contribution is -2.40.